The third kappa shape index (κ3) is 2.69. The molecule has 0 aromatic heterocycles. The molecular weight excluding hydrogens is 176 g/mol. The lowest BCUT2D eigenvalue weighted by molar-refractivity contribution is -0.00472. The highest BCUT2D eigenvalue weighted by molar-refractivity contribution is 4.85. The fourth-order valence-electron chi connectivity index (χ4n) is 2.08. The zero-order chi connectivity index (χ0) is 10.7. The van der Waals surface area contributed by atoms with Crippen LogP contribution in [0.5, 0.6) is 0 Å². The molecule has 2 N–H and O–H groups in total. The molecule has 0 amide bonds. The lowest BCUT2D eigenvalue weighted by Gasteiger charge is -2.34. The largest absolute Gasteiger partial charge is 0.374 e. The zero-order valence-electron chi connectivity index (χ0n) is 9.86. The molecule has 3 heteroatoms. The molecule has 0 bridgehead atoms. The number of nitrogens with two attached hydrogens (primary N) is 1. The van der Waals surface area contributed by atoms with E-state index in [2.05, 4.69) is 32.7 Å². The summed E-state index contributed by atoms with van der Waals surface area (Å²) < 4.78 is 5.86. The molecule has 1 aliphatic rings. The van der Waals surface area contributed by atoms with Gasteiger partial charge in [-0.05, 0) is 40.7 Å². The summed E-state index contributed by atoms with van der Waals surface area (Å²) in [6, 6.07) is 0.906. The molecule has 0 spiro atoms. The Labute approximate surface area is 87.6 Å². The van der Waals surface area contributed by atoms with Gasteiger partial charge in [0.25, 0.3) is 0 Å². The summed E-state index contributed by atoms with van der Waals surface area (Å²) in [7, 11) is 2.13. The molecule has 3 atom stereocenters. The summed E-state index contributed by atoms with van der Waals surface area (Å²) in [5.41, 5.74) is 5.82. The monoisotopic (exact) mass is 200 g/mol. The van der Waals surface area contributed by atoms with Crippen LogP contribution in [0.4, 0.5) is 0 Å². The van der Waals surface area contributed by atoms with Crippen LogP contribution >= 0.6 is 0 Å². The number of hydrogen-bond donors (Lipinski definition) is 1. The standard InChI is InChI=1S/C11H24N2O/c1-8(2)13(4)10(7-12)11-6-5-9(3)14-11/h8-11H,5-7,12H2,1-4H3. The van der Waals surface area contributed by atoms with Crippen molar-refractivity contribution in [3.63, 3.8) is 0 Å². The van der Waals surface area contributed by atoms with Crippen molar-refractivity contribution in [3.8, 4) is 0 Å². The van der Waals surface area contributed by atoms with Crippen LogP contribution in [0.1, 0.15) is 33.6 Å². The molecular formula is C11H24N2O. The summed E-state index contributed by atoms with van der Waals surface area (Å²) in [6.45, 7) is 7.22. The minimum atomic E-state index is 0.336. The summed E-state index contributed by atoms with van der Waals surface area (Å²) in [5, 5.41) is 0. The Kier molecular flexibility index (Phi) is 4.35. The second-order valence-corrected chi connectivity index (χ2v) is 4.62. The van der Waals surface area contributed by atoms with E-state index in [-0.39, 0.29) is 0 Å². The molecule has 0 aliphatic carbocycles. The Morgan fingerprint density at radius 1 is 1.43 bits per heavy atom. The van der Waals surface area contributed by atoms with E-state index in [1.807, 2.05) is 0 Å². The molecule has 0 saturated carbocycles. The molecule has 0 aromatic rings. The normalized spacial score (nSPS) is 30.2. The molecule has 1 saturated heterocycles. The SMILES string of the molecule is CC1CCC(C(CN)N(C)C(C)C)O1. The number of likely N-dealkylation sites (N-methyl/N-ethyl adjacent to an activating group) is 1. The van der Waals surface area contributed by atoms with Gasteiger partial charge in [-0.3, -0.25) is 4.90 Å². The maximum atomic E-state index is 5.86. The van der Waals surface area contributed by atoms with Gasteiger partial charge in [-0.2, -0.15) is 0 Å². The van der Waals surface area contributed by atoms with E-state index in [0.717, 1.165) is 6.42 Å². The summed E-state index contributed by atoms with van der Waals surface area (Å²) >= 11 is 0. The molecule has 1 aliphatic heterocycles. The molecule has 1 fully saturated rings. The predicted octanol–water partition coefficient (Wildman–Crippen LogP) is 1.22. The lowest BCUT2D eigenvalue weighted by atomic mass is 10.1. The highest BCUT2D eigenvalue weighted by Crippen LogP contribution is 2.24. The van der Waals surface area contributed by atoms with Gasteiger partial charge in [0.2, 0.25) is 0 Å². The van der Waals surface area contributed by atoms with E-state index in [1.165, 1.54) is 6.42 Å². The number of rotatable bonds is 4. The average molecular weight is 200 g/mol. The molecule has 0 radical (unpaired) electrons. The van der Waals surface area contributed by atoms with E-state index in [0.29, 0.717) is 30.8 Å². The average Bonchev–Trinajstić information content (AvgIpc) is 2.53. The number of nitrogens with zero attached hydrogens (tertiary/aromatic N) is 1. The highest BCUT2D eigenvalue weighted by Gasteiger charge is 2.31. The molecule has 1 rings (SSSR count). The van der Waals surface area contributed by atoms with E-state index in [4.69, 9.17) is 10.5 Å². The first-order valence-corrected chi connectivity index (χ1v) is 5.63. The van der Waals surface area contributed by atoms with Crippen molar-refractivity contribution in [2.45, 2.75) is 57.9 Å². The van der Waals surface area contributed by atoms with Crippen molar-refractivity contribution in [1.29, 1.82) is 0 Å². The molecule has 84 valence electrons. The lowest BCUT2D eigenvalue weighted by Crippen LogP contribution is -2.49. The van der Waals surface area contributed by atoms with Crippen molar-refractivity contribution < 1.29 is 4.74 Å². The summed E-state index contributed by atoms with van der Waals surface area (Å²) in [6.07, 6.45) is 3.07. The minimum absolute atomic E-state index is 0.336. The van der Waals surface area contributed by atoms with Crippen LogP contribution in [0, 0.1) is 0 Å². The fraction of sp³-hybridized carbons (Fsp3) is 1.00. The second kappa shape index (κ2) is 5.10. The maximum absolute atomic E-state index is 5.86. The third-order valence-electron chi connectivity index (χ3n) is 3.27. The third-order valence-corrected chi connectivity index (χ3v) is 3.27. The molecule has 3 unspecified atom stereocenters. The van der Waals surface area contributed by atoms with Crippen molar-refractivity contribution in [3.05, 3.63) is 0 Å². The van der Waals surface area contributed by atoms with Gasteiger partial charge in [-0.15, -0.1) is 0 Å². The quantitative estimate of drug-likeness (QED) is 0.741. The minimum Gasteiger partial charge on any atom is -0.374 e. The van der Waals surface area contributed by atoms with Crippen LogP contribution in [0.3, 0.4) is 0 Å². The number of ether oxygens (including phenoxy) is 1. The fourth-order valence-corrected chi connectivity index (χ4v) is 2.08. The van der Waals surface area contributed by atoms with Gasteiger partial charge in [-0.1, -0.05) is 0 Å². The summed E-state index contributed by atoms with van der Waals surface area (Å²) in [5.74, 6) is 0. The maximum Gasteiger partial charge on any atom is 0.0747 e. The molecule has 3 nitrogen and oxygen atoms in total. The Balaban J connectivity index is 2.53. The van der Waals surface area contributed by atoms with Crippen LogP contribution in [0.2, 0.25) is 0 Å². The van der Waals surface area contributed by atoms with E-state index >= 15 is 0 Å². The van der Waals surface area contributed by atoms with Crippen LogP contribution in [-0.4, -0.2) is 42.8 Å². The van der Waals surface area contributed by atoms with Crippen molar-refractivity contribution in [1.82, 2.24) is 4.90 Å². The highest BCUT2D eigenvalue weighted by atomic mass is 16.5. The van der Waals surface area contributed by atoms with Gasteiger partial charge in [-0.25, -0.2) is 0 Å². The van der Waals surface area contributed by atoms with Gasteiger partial charge in [0, 0.05) is 18.6 Å². The smallest absolute Gasteiger partial charge is 0.0747 e. The van der Waals surface area contributed by atoms with Gasteiger partial charge >= 0.3 is 0 Å². The van der Waals surface area contributed by atoms with Crippen LogP contribution in [-0.2, 0) is 4.74 Å². The second-order valence-electron chi connectivity index (χ2n) is 4.62. The first kappa shape index (κ1) is 12.0. The number of hydrogen-bond acceptors (Lipinski definition) is 3. The van der Waals surface area contributed by atoms with Crippen LogP contribution < -0.4 is 5.73 Å². The molecule has 1 heterocycles. The topological polar surface area (TPSA) is 38.5 Å². The first-order valence-electron chi connectivity index (χ1n) is 5.63. The van der Waals surface area contributed by atoms with Crippen LogP contribution in [0.15, 0.2) is 0 Å². The Bertz CT molecular complexity index is 173. The van der Waals surface area contributed by atoms with Gasteiger partial charge < -0.3 is 10.5 Å². The van der Waals surface area contributed by atoms with E-state index in [1.54, 1.807) is 0 Å². The predicted molar refractivity (Wildman–Crippen MR) is 59.3 cm³/mol. The molecule has 0 aromatic carbocycles. The van der Waals surface area contributed by atoms with Gasteiger partial charge in [0.1, 0.15) is 0 Å². The van der Waals surface area contributed by atoms with Gasteiger partial charge in [0.05, 0.1) is 12.2 Å². The van der Waals surface area contributed by atoms with E-state index < -0.39 is 0 Å². The van der Waals surface area contributed by atoms with Crippen LogP contribution in [0.25, 0.3) is 0 Å². The Morgan fingerprint density at radius 2 is 2.07 bits per heavy atom. The Morgan fingerprint density at radius 3 is 2.43 bits per heavy atom. The zero-order valence-corrected chi connectivity index (χ0v) is 9.86. The first-order chi connectivity index (χ1) is 6.56. The van der Waals surface area contributed by atoms with Gasteiger partial charge in [0.15, 0.2) is 0 Å². The van der Waals surface area contributed by atoms with E-state index in [9.17, 15) is 0 Å². The van der Waals surface area contributed by atoms with Crippen molar-refractivity contribution >= 4 is 0 Å². The Hall–Kier alpha value is -0.120. The van der Waals surface area contributed by atoms with Crippen molar-refractivity contribution in [2.75, 3.05) is 13.6 Å². The summed E-state index contributed by atoms with van der Waals surface area (Å²) in [4.78, 5) is 2.32. The van der Waals surface area contributed by atoms with Crippen molar-refractivity contribution in [2.24, 2.45) is 5.73 Å². The molecule has 14 heavy (non-hydrogen) atoms.